The zero-order chi connectivity index (χ0) is 17.5. The third kappa shape index (κ3) is 5.28. The summed E-state index contributed by atoms with van der Waals surface area (Å²) in [6, 6.07) is 13.7. The smallest absolute Gasteiger partial charge is 0.407 e. The molecule has 0 aromatic heterocycles. The maximum atomic E-state index is 12.0. The van der Waals surface area contributed by atoms with E-state index in [1.165, 1.54) is 0 Å². The zero-order valence-electron chi connectivity index (χ0n) is 13.2. The Morgan fingerprint density at radius 3 is 2.54 bits per heavy atom. The van der Waals surface area contributed by atoms with Crippen LogP contribution in [0.5, 0.6) is 0 Å². The van der Waals surface area contributed by atoms with Crippen molar-refractivity contribution in [1.29, 1.82) is 0 Å². The van der Waals surface area contributed by atoms with Crippen molar-refractivity contribution in [2.24, 2.45) is 0 Å². The highest BCUT2D eigenvalue weighted by molar-refractivity contribution is 6.31. The van der Waals surface area contributed by atoms with Gasteiger partial charge < -0.3 is 15.2 Å². The predicted octanol–water partition coefficient (Wildman–Crippen LogP) is 4.09. The summed E-state index contributed by atoms with van der Waals surface area (Å²) in [4.78, 5) is 23.1. The maximum Gasteiger partial charge on any atom is 0.407 e. The summed E-state index contributed by atoms with van der Waals surface area (Å²) in [5.41, 5.74) is 2.33. The minimum Gasteiger partial charge on any atom is -0.481 e. The Morgan fingerprint density at radius 2 is 1.92 bits per heavy atom. The summed E-state index contributed by atoms with van der Waals surface area (Å²) in [5, 5.41) is 12.1. The van der Waals surface area contributed by atoms with Gasteiger partial charge in [0.05, 0.1) is 12.5 Å². The van der Waals surface area contributed by atoms with E-state index >= 15 is 0 Å². The molecule has 1 atom stereocenters. The van der Waals surface area contributed by atoms with Crippen LogP contribution < -0.4 is 5.32 Å². The first-order valence-corrected chi connectivity index (χ1v) is 7.78. The molecule has 2 aromatic rings. The number of carbonyl (C=O) groups excluding carboxylic acids is 1. The Kier molecular flexibility index (Phi) is 6.21. The van der Waals surface area contributed by atoms with Crippen LogP contribution in [0.4, 0.5) is 4.79 Å². The number of nitrogens with one attached hydrogen (secondary N) is 1. The molecular formula is C18H18ClNO4. The molecule has 0 saturated heterocycles. The number of aryl methyl sites for hydroxylation is 1. The van der Waals surface area contributed by atoms with Crippen molar-refractivity contribution in [3.05, 3.63) is 70.2 Å². The molecule has 2 rings (SSSR count). The SMILES string of the molecule is Cc1ccc([C@H](CC(=O)O)NC(=O)OCc2ccccc2)c(Cl)c1. The highest BCUT2D eigenvalue weighted by Gasteiger charge is 2.21. The number of amides is 1. The number of carboxylic acid groups (broad SMARTS) is 1. The van der Waals surface area contributed by atoms with Gasteiger partial charge in [0.1, 0.15) is 6.61 Å². The molecule has 0 radical (unpaired) electrons. The molecule has 0 unspecified atom stereocenters. The van der Waals surface area contributed by atoms with E-state index in [9.17, 15) is 9.59 Å². The molecule has 0 aliphatic carbocycles. The van der Waals surface area contributed by atoms with Gasteiger partial charge in [-0.2, -0.15) is 0 Å². The molecule has 0 aliphatic heterocycles. The van der Waals surface area contributed by atoms with Gasteiger partial charge in [0, 0.05) is 5.02 Å². The fourth-order valence-electron chi connectivity index (χ4n) is 2.24. The highest BCUT2D eigenvalue weighted by atomic mass is 35.5. The van der Waals surface area contributed by atoms with E-state index in [0.29, 0.717) is 10.6 Å². The summed E-state index contributed by atoms with van der Waals surface area (Å²) in [6.45, 7) is 1.98. The van der Waals surface area contributed by atoms with Crippen molar-refractivity contribution >= 4 is 23.7 Å². The molecule has 0 spiro atoms. The number of hydrogen-bond donors (Lipinski definition) is 2. The first kappa shape index (κ1) is 17.8. The zero-order valence-corrected chi connectivity index (χ0v) is 13.9. The number of halogens is 1. The molecule has 0 heterocycles. The largest absolute Gasteiger partial charge is 0.481 e. The molecule has 2 N–H and O–H groups in total. The average molecular weight is 348 g/mol. The van der Waals surface area contributed by atoms with E-state index in [2.05, 4.69) is 5.32 Å². The molecule has 5 nitrogen and oxygen atoms in total. The predicted molar refractivity (Wildman–Crippen MR) is 90.9 cm³/mol. The number of alkyl carbamates (subject to hydrolysis) is 1. The van der Waals surface area contributed by atoms with Crippen molar-refractivity contribution in [2.45, 2.75) is 26.0 Å². The van der Waals surface area contributed by atoms with Crippen LogP contribution >= 0.6 is 11.6 Å². The normalized spacial score (nSPS) is 11.6. The van der Waals surface area contributed by atoms with Crippen LogP contribution in [0.2, 0.25) is 5.02 Å². The number of carboxylic acids is 1. The molecule has 0 aliphatic rings. The number of rotatable bonds is 6. The fourth-order valence-corrected chi connectivity index (χ4v) is 2.60. The van der Waals surface area contributed by atoms with E-state index < -0.39 is 18.1 Å². The van der Waals surface area contributed by atoms with E-state index in [1.807, 2.05) is 43.3 Å². The van der Waals surface area contributed by atoms with Gasteiger partial charge in [0.2, 0.25) is 0 Å². The van der Waals surface area contributed by atoms with Gasteiger partial charge in [-0.1, -0.05) is 54.1 Å². The number of carbonyl (C=O) groups is 2. The van der Waals surface area contributed by atoms with Gasteiger partial charge in [-0.15, -0.1) is 0 Å². The third-order valence-corrected chi connectivity index (χ3v) is 3.74. The number of ether oxygens (including phenoxy) is 1. The van der Waals surface area contributed by atoms with Crippen LogP contribution in [0.25, 0.3) is 0 Å². The fraction of sp³-hybridized carbons (Fsp3) is 0.222. The van der Waals surface area contributed by atoms with Crippen LogP contribution in [0, 0.1) is 6.92 Å². The Bertz CT molecular complexity index is 718. The van der Waals surface area contributed by atoms with Crippen LogP contribution in [0.1, 0.15) is 29.2 Å². The summed E-state index contributed by atoms with van der Waals surface area (Å²) < 4.78 is 5.14. The van der Waals surface area contributed by atoms with Gasteiger partial charge in [-0.3, -0.25) is 4.79 Å². The second kappa shape index (κ2) is 8.36. The van der Waals surface area contributed by atoms with Crippen LogP contribution in [0.3, 0.4) is 0 Å². The van der Waals surface area contributed by atoms with E-state index in [4.69, 9.17) is 21.4 Å². The molecule has 24 heavy (non-hydrogen) atoms. The number of hydrogen-bond acceptors (Lipinski definition) is 3. The quantitative estimate of drug-likeness (QED) is 0.825. The molecule has 0 bridgehead atoms. The first-order chi connectivity index (χ1) is 11.5. The van der Waals surface area contributed by atoms with Crippen LogP contribution in [-0.2, 0) is 16.1 Å². The summed E-state index contributed by atoms with van der Waals surface area (Å²) >= 11 is 6.18. The molecule has 1 amide bonds. The molecular weight excluding hydrogens is 330 g/mol. The minimum absolute atomic E-state index is 0.105. The average Bonchev–Trinajstić information content (AvgIpc) is 2.53. The Hall–Kier alpha value is -2.53. The Labute approximate surface area is 145 Å². The number of benzene rings is 2. The summed E-state index contributed by atoms with van der Waals surface area (Å²) in [6.07, 6.45) is -0.981. The van der Waals surface area contributed by atoms with Crippen molar-refractivity contribution in [2.75, 3.05) is 0 Å². The highest BCUT2D eigenvalue weighted by Crippen LogP contribution is 2.26. The molecule has 0 fully saturated rings. The van der Waals surface area contributed by atoms with Gasteiger partial charge in [0.25, 0.3) is 0 Å². The van der Waals surface area contributed by atoms with E-state index in [1.54, 1.807) is 12.1 Å². The van der Waals surface area contributed by atoms with Crippen molar-refractivity contribution in [3.63, 3.8) is 0 Å². The minimum atomic E-state index is -1.04. The van der Waals surface area contributed by atoms with Gasteiger partial charge in [-0.05, 0) is 29.7 Å². The lowest BCUT2D eigenvalue weighted by Crippen LogP contribution is -2.30. The van der Waals surface area contributed by atoms with Crippen LogP contribution in [0.15, 0.2) is 48.5 Å². The van der Waals surface area contributed by atoms with E-state index in [-0.39, 0.29) is 13.0 Å². The molecule has 2 aromatic carbocycles. The summed E-state index contributed by atoms with van der Waals surface area (Å²) in [7, 11) is 0. The Morgan fingerprint density at radius 1 is 1.21 bits per heavy atom. The van der Waals surface area contributed by atoms with E-state index in [0.717, 1.165) is 11.1 Å². The van der Waals surface area contributed by atoms with Crippen LogP contribution in [-0.4, -0.2) is 17.2 Å². The summed E-state index contributed by atoms with van der Waals surface area (Å²) in [5.74, 6) is -1.04. The van der Waals surface area contributed by atoms with Gasteiger partial charge in [0.15, 0.2) is 0 Å². The topological polar surface area (TPSA) is 75.6 Å². The Balaban J connectivity index is 2.05. The molecule has 0 saturated carbocycles. The maximum absolute atomic E-state index is 12.0. The van der Waals surface area contributed by atoms with Crippen molar-refractivity contribution < 1.29 is 19.4 Å². The molecule has 126 valence electrons. The van der Waals surface area contributed by atoms with Gasteiger partial charge >= 0.3 is 12.1 Å². The third-order valence-electron chi connectivity index (χ3n) is 3.41. The monoisotopic (exact) mass is 347 g/mol. The first-order valence-electron chi connectivity index (χ1n) is 7.41. The van der Waals surface area contributed by atoms with Gasteiger partial charge in [-0.25, -0.2) is 4.79 Å². The van der Waals surface area contributed by atoms with Crippen molar-refractivity contribution in [3.8, 4) is 0 Å². The standard InChI is InChI=1S/C18H18ClNO4/c1-12-7-8-14(15(19)9-12)16(10-17(21)22)20-18(23)24-11-13-5-3-2-4-6-13/h2-9,16H,10-11H2,1H3,(H,20,23)(H,21,22)/t16-/m0/s1. The molecule has 6 heteroatoms. The lowest BCUT2D eigenvalue weighted by molar-refractivity contribution is -0.137. The lowest BCUT2D eigenvalue weighted by atomic mass is 10.0. The lowest BCUT2D eigenvalue weighted by Gasteiger charge is -2.19. The van der Waals surface area contributed by atoms with Crippen molar-refractivity contribution in [1.82, 2.24) is 5.32 Å². The number of aliphatic carboxylic acids is 1. The second-order valence-electron chi connectivity index (χ2n) is 5.38. The second-order valence-corrected chi connectivity index (χ2v) is 5.79.